The van der Waals surface area contributed by atoms with Gasteiger partial charge in [0.2, 0.25) is 6.41 Å². The van der Waals surface area contributed by atoms with Crippen LogP contribution in [0.4, 0.5) is 0 Å². The second kappa shape index (κ2) is 7.67. The van der Waals surface area contributed by atoms with Crippen molar-refractivity contribution < 1.29 is 9.84 Å². The lowest BCUT2D eigenvalue weighted by Crippen LogP contribution is -2.42. The molecule has 0 rings (SSSR count). The van der Waals surface area contributed by atoms with Gasteiger partial charge in [-0.15, -0.1) is 12.3 Å². The molecule has 0 aliphatic carbocycles. The smallest absolute Gasteiger partial charge is 0.216 e. The highest BCUT2D eigenvalue weighted by molar-refractivity contribution is 4.83. The van der Waals surface area contributed by atoms with E-state index in [9.17, 15) is 5.11 Å². The molecule has 3 nitrogen and oxygen atoms in total. The molecule has 1 unspecified atom stereocenters. The third kappa shape index (κ3) is 7.70. The van der Waals surface area contributed by atoms with Crippen LogP contribution in [0, 0.1) is 12.3 Å². The van der Waals surface area contributed by atoms with E-state index < -0.39 is 6.41 Å². The maximum Gasteiger partial charge on any atom is 0.216 e. The number of nitrogens with zero attached hydrogens (tertiary/aromatic N) is 1. The molecule has 1 atom stereocenters. The first kappa shape index (κ1) is 15.4. The molecule has 94 valence electrons. The molecule has 16 heavy (non-hydrogen) atoms. The van der Waals surface area contributed by atoms with Gasteiger partial charge in [0.1, 0.15) is 0 Å². The number of ether oxygens (including phenoxy) is 1. The molecule has 0 aliphatic heterocycles. The summed E-state index contributed by atoms with van der Waals surface area (Å²) in [6.07, 6.45) is 6.98. The van der Waals surface area contributed by atoms with Crippen molar-refractivity contribution in [1.82, 2.24) is 4.90 Å². The van der Waals surface area contributed by atoms with Gasteiger partial charge in [-0.2, -0.15) is 0 Å². The van der Waals surface area contributed by atoms with Crippen molar-refractivity contribution in [2.24, 2.45) is 0 Å². The van der Waals surface area contributed by atoms with Crippen LogP contribution in [0.3, 0.4) is 0 Å². The van der Waals surface area contributed by atoms with Crippen molar-refractivity contribution in [2.75, 3.05) is 13.1 Å². The molecule has 0 fully saturated rings. The molecule has 0 saturated heterocycles. The summed E-state index contributed by atoms with van der Waals surface area (Å²) in [5.74, 6) is 2.60. The third-order valence-corrected chi connectivity index (χ3v) is 2.05. The Morgan fingerprint density at radius 3 is 2.44 bits per heavy atom. The monoisotopic (exact) mass is 227 g/mol. The van der Waals surface area contributed by atoms with Gasteiger partial charge >= 0.3 is 0 Å². The van der Waals surface area contributed by atoms with Gasteiger partial charge in [-0.1, -0.05) is 6.92 Å². The van der Waals surface area contributed by atoms with Crippen LogP contribution >= 0.6 is 0 Å². The zero-order valence-corrected chi connectivity index (χ0v) is 11.0. The Labute approximate surface area is 99.8 Å². The van der Waals surface area contributed by atoms with E-state index in [1.54, 1.807) is 0 Å². The Kier molecular flexibility index (Phi) is 7.40. The predicted octanol–water partition coefficient (Wildman–Crippen LogP) is 2.20. The molecule has 0 heterocycles. The molecule has 0 aromatic rings. The van der Waals surface area contributed by atoms with E-state index in [4.69, 9.17) is 11.2 Å². The van der Waals surface area contributed by atoms with Crippen LogP contribution in [0.25, 0.3) is 0 Å². The summed E-state index contributed by atoms with van der Waals surface area (Å²) < 4.78 is 5.51. The number of unbranched alkanes of at least 4 members (excludes halogenated alkanes) is 1. The number of rotatable bonds is 7. The molecule has 0 radical (unpaired) electrons. The first-order chi connectivity index (χ1) is 7.40. The van der Waals surface area contributed by atoms with E-state index in [0.717, 1.165) is 32.4 Å². The maximum atomic E-state index is 9.93. The maximum absolute atomic E-state index is 9.93. The highest BCUT2D eigenvalue weighted by atomic mass is 16.6. The van der Waals surface area contributed by atoms with Crippen molar-refractivity contribution in [3.8, 4) is 12.3 Å². The van der Waals surface area contributed by atoms with Crippen molar-refractivity contribution in [3.05, 3.63) is 0 Å². The fourth-order valence-corrected chi connectivity index (χ4v) is 1.39. The van der Waals surface area contributed by atoms with Crippen molar-refractivity contribution in [3.63, 3.8) is 0 Å². The van der Waals surface area contributed by atoms with Gasteiger partial charge in [-0.05, 0) is 33.6 Å². The summed E-state index contributed by atoms with van der Waals surface area (Å²) in [4.78, 5) is 1.92. The molecule has 0 aromatic carbocycles. The Bertz CT molecular complexity index is 215. The minimum atomic E-state index is -0.835. The highest BCUT2D eigenvalue weighted by Crippen LogP contribution is 2.13. The van der Waals surface area contributed by atoms with Gasteiger partial charge in [-0.25, -0.2) is 0 Å². The number of hydrogen-bond donors (Lipinski definition) is 1. The van der Waals surface area contributed by atoms with Crippen LogP contribution in [0.5, 0.6) is 0 Å². The second-order valence-corrected chi connectivity index (χ2v) is 4.90. The summed E-state index contributed by atoms with van der Waals surface area (Å²) in [5.41, 5.74) is -0.336. The number of hydrogen-bond acceptors (Lipinski definition) is 3. The van der Waals surface area contributed by atoms with E-state index in [1.165, 1.54) is 0 Å². The Hall–Kier alpha value is -0.560. The normalized spacial score (nSPS) is 13.8. The molecular formula is C13H25NO2. The van der Waals surface area contributed by atoms with Crippen LogP contribution in [-0.4, -0.2) is 35.1 Å². The lowest BCUT2D eigenvalue weighted by Gasteiger charge is -2.32. The van der Waals surface area contributed by atoms with E-state index in [-0.39, 0.29) is 5.60 Å². The predicted molar refractivity (Wildman–Crippen MR) is 66.8 cm³/mol. The van der Waals surface area contributed by atoms with Crippen molar-refractivity contribution >= 4 is 0 Å². The summed E-state index contributed by atoms with van der Waals surface area (Å²) in [6, 6.07) is 0. The molecule has 0 bridgehead atoms. The summed E-state index contributed by atoms with van der Waals surface area (Å²) in [5, 5.41) is 9.93. The van der Waals surface area contributed by atoms with Crippen LogP contribution in [0.15, 0.2) is 0 Å². The molecule has 0 amide bonds. The van der Waals surface area contributed by atoms with Gasteiger partial charge in [0, 0.05) is 19.5 Å². The standard InChI is InChI=1S/C13H25NO2/c1-6-8-9-11-14(10-7-2)12(15)16-13(3,4)5/h1,12,15H,7-11H2,2-5H3. The number of terminal acetylenes is 1. The summed E-state index contributed by atoms with van der Waals surface area (Å²) in [6.45, 7) is 9.47. The van der Waals surface area contributed by atoms with Gasteiger partial charge < -0.3 is 9.84 Å². The van der Waals surface area contributed by atoms with E-state index in [0.29, 0.717) is 0 Å². The molecule has 0 spiro atoms. The molecular weight excluding hydrogens is 202 g/mol. The lowest BCUT2D eigenvalue weighted by atomic mass is 10.2. The van der Waals surface area contributed by atoms with Gasteiger partial charge in [0.15, 0.2) is 0 Å². The second-order valence-electron chi connectivity index (χ2n) is 4.90. The fourth-order valence-electron chi connectivity index (χ4n) is 1.39. The first-order valence-corrected chi connectivity index (χ1v) is 5.94. The van der Waals surface area contributed by atoms with E-state index >= 15 is 0 Å². The largest absolute Gasteiger partial charge is 0.356 e. The minimum Gasteiger partial charge on any atom is -0.356 e. The van der Waals surface area contributed by atoms with Crippen LogP contribution in [-0.2, 0) is 4.74 Å². The minimum absolute atomic E-state index is 0.336. The van der Waals surface area contributed by atoms with Gasteiger partial charge in [0.05, 0.1) is 5.60 Å². The van der Waals surface area contributed by atoms with E-state index in [2.05, 4.69) is 12.8 Å². The Morgan fingerprint density at radius 1 is 1.38 bits per heavy atom. The zero-order chi connectivity index (χ0) is 12.6. The molecule has 3 heteroatoms. The van der Waals surface area contributed by atoms with Crippen LogP contribution in [0.1, 0.15) is 47.0 Å². The van der Waals surface area contributed by atoms with Crippen LogP contribution < -0.4 is 0 Å². The molecule has 0 aliphatic rings. The lowest BCUT2D eigenvalue weighted by molar-refractivity contribution is -0.239. The molecule has 0 aromatic heterocycles. The topological polar surface area (TPSA) is 32.7 Å². The summed E-state index contributed by atoms with van der Waals surface area (Å²) >= 11 is 0. The average molecular weight is 227 g/mol. The Morgan fingerprint density at radius 2 is 2.00 bits per heavy atom. The zero-order valence-electron chi connectivity index (χ0n) is 11.0. The molecule has 1 N–H and O–H groups in total. The van der Waals surface area contributed by atoms with Crippen LogP contribution in [0.2, 0.25) is 0 Å². The fraction of sp³-hybridized carbons (Fsp3) is 0.846. The quantitative estimate of drug-likeness (QED) is 0.411. The molecule has 0 saturated carbocycles. The SMILES string of the molecule is C#CCCCN(CCC)C(O)OC(C)(C)C. The van der Waals surface area contributed by atoms with Crippen molar-refractivity contribution in [1.29, 1.82) is 0 Å². The van der Waals surface area contributed by atoms with Gasteiger partial charge in [-0.3, -0.25) is 4.90 Å². The number of aliphatic hydroxyl groups excluding tert-OH is 1. The average Bonchev–Trinajstić information content (AvgIpc) is 2.14. The Balaban J connectivity index is 4.13. The summed E-state index contributed by atoms with van der Waals surface area (Å²) in [7, 11) is 0. The first-order valence-electron chi connectivity index (χ1n) is 5.94. The van der Waals surface area contributed by atoms with Gasteiger partial charge in [0.25, 0.3) is 0 Å². The third-order valence-electron chi connectivity index (χ3n) is 2.05. The highest BCUT2D eigenvalue weighted by Gasteiger charge is 2.21. The van der Waals surface area contributed by atoms with Crippen molar-refractivity contribution in [2.45, 2.75) is 59.0 Å². The van der Waals surface area contributed by atoms with E-state index in [1.807, 2.05) is 25.7 Å². The number of aliphatic hydroxyl groups is 1.